The number of aryl methyl sites for hydroxylation is 1. The molecule has 1 heterocycles. The summed E-state index contributed by atoms with van der Waals surface area (Å²) in [5, 5.41) is 0. The summed E-state index contributed by atoms with van der Waals surface area (Å²) in [6, 6.07) is 7.61. The maximum Gasteiger partial charge on any atom is 0.360 e. The van der Waals surface area contributed by atoms with Gasteiger partial charge in [-0.3, -0.25) is 0 Å². The first-order chi connectivity index (χ1) is 9.69. The minimum atomic E-state index is -3.23. The zero-order chi connectivity index (χ0) is 15.7. The van der Waals surface area contributed by atoms with Crippen molar-refractivity contribution in [3.05, 3.63) is 41.8 Å². The Labute approximate surface area is 123 Å². The molecule has 2 aromatic rings. The van der Waals surface area contributed by atoms with Gasteiger partial charge in [0.1, 0.15) is 12.0 Å². The highest BCUT2D eigenvalue weighted by Crippen LogP contribution is 2.37. The van der Waals surface area contributed by atoms with Gasteiger partial charge in [-0.2, -0.15) is 8.78 Å². The molecule has 5 heteroatoms. The van der Waals surface area contributed by atoms with Crippen molar-refractivity contribution in [2.24, 2.45) is 5.41 Å². The number of halogens is 2. The Bertz CT molecular complexity index is 597. The summed E-state index contributed by atoms with van der Waals surface area (Å²) >= 11 is 0. The lowest BCUT2D eigenvalue weighted by Gasteiger charge is -2.29. The maximum absolute atomic E-state index is 13.7. The summed E-state index contributed by atoms with van der Waals surface area (Å²) in [6.45, 7) is 5.96. The predicted octanol–water partition coefficient (Wildman–Crippen LogP) is 4.81. The van der Waals surface area contributed by atoms with Crippen LogP contribution in [0.3, 0.4) is 0 Å². The van der Waals surface area contributed by atoms with Crippen LogP contribution in [0.1, 0.15) is 32.0 Å². The van der Waals surface area contributed by atoms with Crippen molar-refractivity contribution < 1.29 is 17.9 Å². The van der Waals surface area contributed by atoms with Crippen molar-refractivity contribution in [1.29, 1.82) is 0 Å². The van der Waals surface area contributed by atoms with Crippen LogP contribution in [-0.4, -0.2) is 11.1 Å². The topological polar surface area (TPSA) is 35.3 Å². The van der Waals surface area contributed by atoms with Crippen LogP contribution < -0.4 is 0 Å². The quantitative estimate of drug-likeness (QED) is 0.812. The lowest BCUT2D eigenvalue weighted by Crippen LogP contribution is -2.36. The first-order valence-corrected chi connectivity index (χ1v) is 6.72. The molecule has 0 saturated carbocycles. The number of aromatic nitrogens is 1. The molecule has 3 nitrogen and oxygen atoms in total. The molecule has 0 atom stereocenters. The van der Waals surface area contributed by atoms with Crippen molar-refractivity contribution in [3.8, 4) is 11.5 Å². The summed E-state index contributed by atoms with van der Waals surface area (Å²) < 4.78 is 37.4. The Morgan fingerprint density at radius 3 is 2.33 bits per heavy atom. The van der Waals surface area contributed by atoms with E-state index in [1.54, 1.807) is 0 Å². The number of oxazole rings is 1. The normalized spacial score (nSPS) is 12.7. The van der Waals surface area contributed by atoms with Gasteiger partial charge < -0.3 is 9.15 Å². The van der Waals surface area contributed by atoms with Gasteiger partial charge in [0.05, 0.1) is 12.0 Å². The van der Waals surface area contributed by atoms with E-state index in [0.29, 0.717) is 11.6 Å². The van der Waals surface area contributed by atoms with Crippen molar-refractivity contribution in [1.82, 2.24) is 4.98 Å². The molecule has 1 aromatic heterocycles. The van der Waals surface area contributed by atoms with Crippen LogP contribution in [0.15, 0.2) is 34.9 Å². The van der Waals surface area contributed by atoms with Gasteiger partial charge in [0.2, 0.25) is 5.89 Å². The summed E-state index contributed by atoms with van der Waals surface area (Å²) in [5.74, 6) is 0.396. The third-order valence-corrected chi connectivity index (χ3v) is 3.12. The van der Waals surface area contributed by atoms with Crippen molar-refractivity contribution in [2.75, 3.05) is 0 Å². The van der Waals surface area contributed by atoms with Gasteiger partial charge in [-0.25, -0.2) is 4.98 Å². The Kier molecular flexibility index (Phi) is 4.14. The molecule has 0 aliphatic rings. The second kappa shape index (κ2) is 5.56. The molecule has 21 heavy (non-hydrogen) atoms. The number of alkyl halides is 2. The Hall–Kier alpha value is -1.75. The van der Waals surface area contributed by atoms with Gasteiger partial charge in [-0.15, -0.1) is 0 Å². The molecule has 0 unspecified atom stereocenters. The molecular formula is C16H19F2NO2. The van der Waals surface area contributed by atoms with Crippen LogP contribution >= 0.6 is 0 Å². The highest BCUT2D eigenvalue weighted by atomic mass is 19.3. The fraction of sp³-hybridized carbons (Fsp3) is 0.438. The van der Waals surface area contributed by atoms with Gasteiger partial charge >= 0.3 is 6.11 Å². The number of ether oxygens (including phenoxy) is 1. The third-order valence-electron chi connectivity index (χ3n) is 3.12. The first kappa shape index (κ1) is 15.6. The minimum Gasteiger partial charge on any atom is -0.444 e. The van der Waals surface area contributed by atoms with E-state index < -0.39 is 11.5 Å². The molecule has 1 aromatic carbocycles. The van der Waals surface area contributed by atoms with E-state index in [-0.39, 0.29) is 6.61 Å². The van der Waals surface area contributed by atoms with Crippen LogP contribution in [0, 0.1) is 12.3 Å². The van der Waals surface area contributed by atoms with Crippen LogP contribution in [-0.2, 0) is 11.3 Å². The second-order valence-corrected chi connectivity index (χ2v) is 6.07. The van der Waals surface area contributed by atoms with E-state index >= 15 is 0 Å². The minimum absolute atomic E-state index is 0.292. The van der Waals surface area contributed by atoms with Crippen LogP contribution in [0.4, 0.5) is 8.78 Å². The highest BCUT2D eigenvalue weighted by molar-refractivity contribution is 5.53. The van der Waals surface area contributed by atoms with Gasteiger partial charge in [0.15, 0.2) is 0 Å². The Morgan fingerprint density at radius 2 is 1.76 bits per heavy atom. The molecule has 0 saturated heterocycles. The maximum atomic E-state index is 13.7. The molecule has 0 aliphatic carbocycles. The summed E-state index contributed by atoms with van der Waals surface area (Å²) in [5.41, 5.74) is 0.999. The fourth-order valence-corrected chi connectivity index (χ4v) is 1.58. The lowest BCUT2D eigenvalue weighted by atomic mass is 9.95. The monoisotopic (exact) mass is 295 g/mol. The van der Waals surface area contributed by atoms with E-state index in [1.807, 2.05) is 31.2 Å². The van der Waals surface area contributed by atoms with Crippen molar-refractivity contribution >= 4 is 0 Å². The zero-order valence-electron chi connectivity index (χ0n) is 12.6. The van der Waals surface area contributed by atoms with E-state index in [0.717, 1.165) is 11.1 Å². The summed E-state index contributed by atoms with van der Waals surface area (Å²) in [6.07, 6.45) is -1.89. The van der Waals surface area contributed by atoms with E-state index in [4.69, 9.17) is 9.15 Å². The number of nitrogens with zero attached hydrogens (tertiary/aromatic N) is 1. The van der Waals surface area contributed by atoms with E-state index in [2.05, 4.69) is 4.98 Å². The van der Waals surface area contributed by atoms with Gasteiger partial charge in [0.25, 0.3) is 0 Å². The average molecular weight is 295 g/mol. The van der Waals surface area contributed by atoms with Gasteiger partial charge in [-0.1, -0.05) is 38.5 Å². The largest absolute Gasteiger partial charge is 0.444 e. The molecule has 0 bridgehead atoms. The fourth-order valence-electron chi connectivity index (χ4n) is 1.58. The van der Waals surface area contributed by atoms with E-state index in [9.17, 15) is 8.78 Å². The molecule has 0 aliphatic heterocycles. The van der Waals surface area contributed by atoms with Crippen LogP contribution in [0.2, 0.25) is 0 Å². The summed E-state index contributed by atoms with van der Waals surface area (Å²) in [7, 11) is 0. The number of benzene rings is 1. The molecule has 0 spiro atoms. The first-order valence-electron chi connectivity index (χ1n) is 6.72. The standard InChI is InChI=1S/C16H19F2NO2/c1-11-5-7-12(8-6-11)14-19-13(9-20-14)10-21-16(17,18)15(2,3)4/h5-9H,10H2,1-4H3. The molecular weight excluding hydrogens is 276 g/mol. The van der Waals surface area contributed by atoms with Crippen molar-refractivity contribution in [2.45, 2.75) is 40.4 Å². The van der Waals surface area contributed by atoms with E-state index in [1.165, 1.54) is 27.0 Å². The average Bonchev–Trinajstić information content (AvgIpc) is 2.85. The molecule has 114 valence electrons. The van der Waals surface area contributed by atoms with Crippen molar-refractivity contribution in [3.63, 3.8) is 0 Å². The van der Waals surface area contributed by atoms with Gasteiger partial charge in [0, 0.05) is 5.56 Å². The Morgan fingerprint density at radius 1 is 1.14 bits per heavy atom. The predicted molar refractivity (Wildman–Crippen MR) is 75.9 cm³/mol. The summed E-state index contributed by atoms with van der Waals surface area (Å²) in [4.78, 5) is 4.17. The third kappa shape index (κ3) is 3.67. The SMILES string of the molecule is Cc1ccc(-c2nc(COC(F)(F)C(C)(C)C)co2)cc1. The lowest BCUT2D eigenvalue weighted by molar-refractivity contribution is -0.301. The molecule has 0 radical (unpaired) electrons. The smallest absolute Gasteiger partial charge is 0.360 e. The number of rotatable bonds is 4. The highest BCUT2D eigenvalue weighted by Gasteiger charge is 2.44. The second-order valence-electron chi connectivity index (χ2n) is 6.07. The Balaban J connectivity index is 2.06. The van der Waals surface area contributed by atoms with Crippen LogP contribution in [0.5, 0.6) is 0 Å². The van der Waals surface area contributed by atoms with Crippen LogP contribution in [0.25, 0.3) is 11.5 Å². The number of hydrogen-bond acceptors (Lipinski definition) is 3. The number of hydrogen-bond donors (Lipinski definition) is 0. The molecule has 2 rings (SSSR count). The molecule has 0 amide bonds. The zero-order valence-corrected chi connectivity index (χ0v) is 12.6. The van der Waals surface area contributed by atoms with Gasteiger partial charge in [-0.05, 0) is 19.1 Å². The molecule has 0 fully saturated rings. The molecule has 0 N–H and O–H groups in total.